The molecule has 0 spiro atoms. The Morgan fingerprint density at radius 2 is 2.07 bits per heavy atom. The zero-order chi connectivity index (χ0) is 21.9. The Labute approximate surface area is 186 Å². The molecule has 1 amide bonds. The van der Waals surface area contributed by atoms with E-state index in [-0.39, 0.29) is 23.8 Å². The number of carbonyl (C=O) groups is 2. The summed E-state index contributed by atoms with van der Waals surface area (Å²) in [7, 11) is 0. The summed E-state index contributed by atoms with van der Waals surface area (Å²) in [6, 6.07) is 9.25. The zero-order valence-electron chi connectivity index (χ0n) is 18.3. The Kier molecular flexibility index (Phi) is 10.7. The van der Waals surface area contributed by atoms with Gasteiger partial charge in [0.05, 0.1) is 6.61 Å². The summed E-state index contributed by atoms with van der Waals surface area (Å²) >= 11 is 4.22. The lowest BCUT2D eigenvalue weighted by Crippen LogP contribution is -2.56. The van der Waals surface area contributed by atoms with Crippen molar-refractivity contribution >= 4 is 24.5 Å². The number of hydrogen-bond acceptors (Lipinski definition) is 6. The number of ether oxygens (including phenoxy) is 1. The first kappa shape index (κ1) is 24.7. The minimum Gasteiger partial charge on any atom is -0.464 e. The molecule has 168 valence electrons. The summed E-state index contributed by atoms with van der Waals surface area (Å²) in [6.45, 7) is 5.16. The fourth-order valence-electron chi connectivity index (χ4n) is 3.67. The van der Waals surface area contributed by atoms with Crippen molar-refractivity contribution in [3.63, 3.8) is 0 Å². The average molecular weight is 436 g/mol. The van der Waals surface area contributed by atoms with E-state index in [0.29, 0.717) is 37.7 Å². The maximum atomic E-state index is 13.6. The Bertz CT molecular complexity index is 658. The van der Waals surface area contributed by atoms with Gasteiger partial charge >= 0.3 is 5.97 Å². The first-order chi connectivity index (χ1) is 14.5. The van der Waals surface area contributed by atoms with Gasteiger partial charge in [-0.25, -0.2) is 10.2 Å². The standard InChI is InChI=1S/C23H37N3O3S/c1-3-17(2)8-7-11-19(14-18-9-5-4-6-10-18)22(27)26(25-15-20(24)16-30)21-12-13-29-23(21)28/h4-6,9-10,17,19-21,25,30H,3,7-8,11-16,24H2,1-2H3/t17-,19?,20?,21+/m0/s1. The van der Waals surface area contributed by atoms with E-state index in [9.17, 15) is 9.59 Å². The molecule has 0 saturated carbocycles. The molecule has 0 bridgehead atoms. The molecule has 2 unspecified atom stereocenters. The number of thiol groups is 1. The summed E-state index contributed by atoms with van der Waals surface area (Å²) < 4.78 is 5.14. The number of cyclic esters (lactones) is 1. The Morgan fingerprint density at radius 1 is 1.33 bits per heavy atom. The molecule has 0 aliphatic carbocycles. The highest BCUT2D eigenvalue weighted by Gasteiger charge is 2.38. The van der Waals surface area contributed by atoms with Crippen LogP contribution in [-0.4, -0.2) is 47.9 Å². The number of nitrogens with zero attached hydrogens (tertiary/aromatic N) is 1. The van der Waals surface area contributed by atoms with E-state index in [4.69, 9.17) is 10.5 Å². The highest BCUT2D eigenvalue weighted by molar-refractivity contribution is 7.80. The van der Waals surface area contributed by atoms with Crippen molar-refractivity contribution in [3.05, 3.63) is 35.9 Å². The molecule has 1 aliphatic heterocycles. The number of amides is 1. The van der Waals surface area contributed by atoms with Gasteiger partial charge in [0.15, 0.2) is 0 Å². The van der Waals surface area contributed by atoms with E-state index in [1.54, 1.807) is 0 Å². The molecular weight excluding hydrogens is 398 g/mol. The third-order valence-electron chi connectivity index (χ3n) is 5.84. The highest BCUT2D eigenvalue weighted by Crippen LogP contribution is 2.23. The first-order valence-corrected chi connectivity index (χ1v) is 11.7. The van der Waals surface area contributed by atoms with E-state index in [1.807, 2.05) is 30.3 Å². The molecule has 4 atom stereocenters. The van der Waals surface area contributed by atoms with E-state index in [0.717, 1.165) is 31.2 Å². The van der Waals surface area contributed by atoms with E-state index in [2.05, 4.69) is 31.9 Å². The monoisotopic (exact) mass is 435 g/mol. The van der Waals surface area contributed by atoms with Gasteiger partial charge in [-0.3, -0.25) is 9.80 Å². The van der Waals surface area contributed by atoms with Crippen molar-refractivity contribution in [3.8, 4) is 0 Å². The maximum absolute atomic E-state index is 13.6. The molecule has 6 nitrogen and oxygen atoms in total. The minimum absolute atomic E-state index is 0.0572. The average Bonchev–Trinajstić information content (AvgIpc) is 3.18. The van der Waals surface area contributed by atoms with Crippen LogP contribution in [0.2, 0.25) is 0 Å². The van der Waals surface area contributed by atoms with Gasteiger partial charge in [0, 0.05) is 30.7 Å². The van der Waals surface area contributed by atoms with Gasteiger partial charge in [0.25, 0.3) is 0 Å². The molecule has 7 heteroatoms. The molecule has 2 rings (SSSR count). The third-order valence-corrected chi connectivity index (χ3v) is 6.30. The second kappa shape index (κ2) is 13.0. The third kappa shape index (κ3) is 7.60. The van der Waals surface area contributed by atoms with Crippen LogP contribution in [0.4, 0.5) is 0 Å². The van der Waals surface area contributed by atoms with Crippen LogP contribution >= 0.6 is 12.6 Å². The summed E-state index contributed by atoms with van der Waals surface area (Å²) in [5, 5.41) is 1.50. The largest absolute Gasteiger partial charge is 0.464 e. The molecule has 0 radical (unpaired) electrons. The van der Waals surface area contributed by atoms with E-state index < -0.39 is 6.04 Å². The van der Waals surface area contributed by atoms with Crippen molar-refractivity contribution in [2.24, 2.45) is 17.6 Å². The van der Waals surface area contributed by atoms with Crippen molar-refractivity contribution in [2.75, 3.05) is 18.9 Å². The van der Waals surface area contributed by atoms with Gasteiger partial charge in [0.2, 0.25) is 5.91 Å². The molecule has 1 aromatic rings. The second-order valence-electron chi connectivity index (χ2n) is 8.32. The smallest absolute Gasteiger partial charge is 0.330 e. The highest BCUT2D eigenvalue weighted by atomic mass is 32.1. The van der Waals surface area contributed by atoms with Crippen molar-refractivity contribution < 1.29 is 14.3 Å². The van der Waals surface area contributed by atoms with Crippen LogP contribution in [-0.2, 0) is 20.7 Å². The van der Waals surface area contributed by atoms with Gasteiger partial charge < -0.3 is 10.5 Å². The lowest BCUT2D eigenvalue weighted by molar-refractivity contribution is -0.153. The number of carbonyl (C=O) groups excluding carboxylic acids is 2. The number of nitrogens with one attached hydrogen (secondary N) is 1. The number of hydrogen-bond donors (Lipinski definition) is 3. The zero-order valence-corrected chi connectivity index (χ0v) is 19.2. The van der Waals surface area contributed by atoms with Gasteiger partial charge in [-0.05, 0) is 24.3 Å². The lowest BCUT2D eigenvalue weighted by atomic mass is 9.90. The summed E-state index contributed by atoms with van der Waals surface area (Å²) in [5.74, 6) is 0.521. The van der Waals surface area contributed by atoms with Crippen LogP contribution in [0.25, 0.3) is 0 Å². The molecule has 30 heavy (non-hydrogen) atoms. The molecule has 0 aromatic heterocycles. The van der Waals surface area contributed by atoms with Crippen LogP contribution in [0.5, 0.6) is 0 Å². The van der Waals surface area contributed by atoms with Crippen LogP contribution in [0.3, 0.4) is 0 Å². The van der Waals surface area contributed by atoms with Gasteiger partial charge in [0.1, 0.15) is 6.04 Å². The molecular formula is C23H37N3O3S. The molecule has 1 heterocycles. The van der Waals surface area contributed by atoms with Gasteiger partial charge in [-0.1, -0.05) is 63.4 Å². The van der Waals surface area contributed by atoms with E-state index in [1.165, 1.54) is 5.01 Å². The Hall–Kier alpha value is -1.57. The molecule has 1 fully saturated rings. The lowest BCUT2D eigenvalue weighted by Gasteiger charge is -2.32. The van der Waals surface area contributed by atoms with Crippen LogP contribution in [0.1, 0.15) is 51.5 Å². The molecule has 3 N–H and O–H groups in total. The Morgan fingerprint density at radius 3 is 2.67 bits per heavy atom. The summed E-state index contributed by atoms with van der Waals surface area (Å²) in [4.78, 5) is 25.9. The summed E-state index contributed by atoms with van der Waals surface area (Å²) in [5.41, 5.74) is 10.2. The number of hydrazine groups is 1. The second-order valence-corrected chi connectivity index (χ2v) is 8.68. The van der Waals surface area contributed by atoms with Gasteiger partial charge in [-0.15, -0.1) is 0 Å². The predicted octanol–water partition coefficient (Wildman–Crippen LogP) is 2.97. The summed E-state index contributed by atoms with van der Waals surface area (Å²) in [6.07, 6.45) is 5.16. The quantitative estimate of drug-likeness (QED) is 0.252. The molecule has 1 aliphatic rings. The van der Waals surface area contributed by atoms with Gasteiger partial charge in [-0.2, -0.15) is 12.6 Å². The molecule has 1 saturated heterocycles. The number of rotatable bonds is 13. The fourth-order valence-corrected chi connectivity index (χ4v) is 3.80. The van der Waals surface area contributed by atoms with E-state index >= 15 is 0 Å². The Balaban J connectivity index is 2.16. The fraction of sp³-hybridized carbons (Fsp3) is 0.652. The van der Waals surface area contributed by atoms with Crippen molar-refractivity contribution in [1.29, 1.82) is 0 Å². The first-order valence-electron chi connectivity index (χ1n) is 11.1. The van der Waals surface area contributed by atoms with Crippen LogP contribution < -0.4 is 11.2 Å². The van der Waals surface area contributed by atoms with Crippen LogP contribution in [0, 0.1) is 11.8 Å². The SMILES string of the molecule is CC[C@H](C)CCCC(Cc1ccccc1)C(=O)N(NCC(N)CS)[C@@H]1CCOC1=O. The van der Waals surface area contributed by atoms with Crippen molar-refractivity contribution in [1.82, 2.24) is 10.4 Å². The topological polar surface area (TPSA) is 84.7 Å². The number of benzene rings is 1. The predicted molar refractivity (Wildman–Crippen MR) is 123 cm³/mol. The van der Waals surface area contributed by atoms with Crippen LogP contribution in [0.15, 0.2) is 30.3 Å². The number of nitrogens with two attached hydrogens (primary N) is 1. The number of esters is 1. The molecule has 1 aromatic carbocycles. The van der Waals surface area contributed by atoms with Crippen molar-refractivity contribution in [2.45, 2.75) is 64.5 Å². The maximum Gasteiger partial charge on any atom is 0.330 e. The normalized spacial score (nSPS) is 19.2. The minimum atomic E-state index is -0.600.